The molecule has 3 heteroatoms. The number of para-hydroxylation sites is 1. The molecule has 0 unspecified atom stereocenters. The zero-order valence-corrected chi connectivity index (χ0v) is 11.4. The van der Waals surface area contributed by atoms with Crippen LogP contribution in [0.2, 0.25) is 0 Å². The van der Waals surface area contributed by atoms with Crippen molar-refractivity contribution < 1.29 is 9.90 Å². The molecule has 1 aromatic rings. The number of amides is 1. The molecule has 98 valence electrons. The standard InChI is InChI=1S/C15H21NO2/c1-4-15(2,3)14(18)16-10-6-8-11-7-5-9-12(17)13(11)16/h5,7,9,17H,4,6,8,10H2,1-3H3. The van der Waals surface area contributed by atoms with E-state index in [4.69, 9.17) is 0 Å². The molecule has 0 atom stereocenters. The van der Waals surface area contributed by atoms with Crippen molar-refractivity contribution in [3.63, 3.8) is 0 Å². The highest BCUT2D eigenvalue weighted by atomic mass is 16.3. The maximum absolute atomic E-state index is 12.6. The molecule has 1 heterocycles. The fourth-order valence-corrected chi connectivity index (χ4v) is 2.35. The number of aromatic hydroxyl groups is 1. The highest BCUT2D eigenvalue weighted by Crippen LogP contribution is 2.38. The smallest absolute Gasteiger partial charge is 0.232 e. The van der Waals surface area contributed by atoms with Gasteiger partial charge in [-0.1, -0.05) is 32.9 Å². The quantitative estimate of drug-likeness (QED) is 0.872. The van der Waals surface area contributed by atoms with Gasteiger partial charge >= 0.3 is 0 Å². The number of hydrogen-bond acceptors (Lipinski definition) is 2. The van der Waals surface area contributed by atoms with E-state index >= 15 is 0 Å². The maximum atomic E-state index is 12.6. The predicted molar refractivity (Wildman–Crippen MR) is 72.9 cm³/mol. The van der Waals surface area contributed by atoms with Gasteiger partial charge in [-0.2, -0.15) is 0 Å². The molecular weight excluding hydrogens is 226 g/mol. The molecule has 18 heavy (non-hydrogen) atoms. The lowest BCUT2D eigenvalue weighted by Crippen LogP contribution is -2.43. The number of benzene rings is 1. The van der Waals surface area contributed by atoms with E-state index in [0.717, 1.165) is 30.5 Å². The summed E-state index contributed by atoms with van der Waals surface area (Å²) in [7, 11) is 0. The van der Waals surface area contributed by atoms with Gasteiger partial charge in [0, 0.05) is 12.0 Å². The fraction of sp³-hybridized carbons (Fsp3) is 0.533. The van der Waals surface area contributed by atoms with E-state index < -0.39 is 0 Å². The van der Waals surface area contributed by atoms with Crippen LogP contribution in [0.1, 0.15) is 39.2 Å². The van der Waals surface area contributed by atoms with Crippen LogP contribution in [0.5, 0.6) is 5.75 Å². The Morgan fingerprint density at radius 2 is 2.17 bits per heavy atom. The van der Waals surface area contributed by atoms with E-state index in [9.17, 15) is 9.90 Å². The van der Waals surface area contributed by atoms with E-state index in [0.29, 0.717) is 6.54 Å². The third kappa shape index (κ3) is 2.09. The highest BCUT2D eigenvalue weighted by molar-refractivity contribution is 5.99. The Bertz CT molecular complexity index is 466. The molecule has 1 aliphatic rings. The molecule has 1 aromatic carbocycles. The van der Waals surface area contributed by atoms with E-state index in [2.05, 4.69) is 0 Å². The van der Waals surface area contributed by atoms with Crippen LogP contribution in [0.15, 0.2) is 18.2 Å². The first-order valence-corrected chi connectivity index (χ1v) is 6.60. The Labute approximate surface area is 108 Å². The number of hydrogen-bond donors (Lipinski definition) is 1. The molecule has 1 N–H and O–H groups in total. The van der Waals surface area contributed by atoms with Crippen molar-refractivity contribution in [1.29, 1.82) is 0 Å². The van der Waals surface area contributed by atoms with Gasteiger partial charge in [-0.25, -0.2) is 0 Å². The van der Waals surface area contributed by atoms with Crippen molar-refractivity contribution in [3.8, 4) is 5.75 Å². The predicted octanol–water partition coefficient (Wildman–Crippen LogP) is 3.11. The maximum Gasteiger partial charge on any atom is 0.232 e. The van der Waals surface area contributed by atoms with Gasteiger partial charge in [-0.15, -0.1) is 0 Å². The Balaban J connectivity index is 2.42. The normalized spacial score (nSPS) is 15.4. The number of rotatable bonds is 2. The van der Waals surface area contributed by atoms with Gasteiger partial charge in [0.25, 0.3) is 0 Å². The van der Waals surface area contributed by atoms with Crippen molar-refractivity contribution in [2.45, 2.75) is 40.0 Å². The molecule has 0 spiro atoms. The average molecular weight is 247 g/mol. The summed E-state index contributed by atoms with van der Waals surface area (Å²) in [6.07, 6.45) is 2.69. The first kappa shape index (κ1) is 12.9. The minimum atomic E-state index is -0.378. The summed E-state index contributed by atoms with van der Waals surface area (Å²) in [5.74, 6) is 0.319. The molecule has 0 bridgehead atoms. The SMILES string of the molecule is CCC(C)(C)C(=O)N1CCCc2cccc(O)c21. The first-order valence-electron chi connectivity index (χ1n) is 6.60. The number of carbonyl (C=O) groups is 1. The number of aryl methyl sites for hydroxylation is 1. The number of nitrogens with zero attached hydrogens (tertiary/aromatic N) is 1. The van der Waals surface area contributed by atoms with Crippen molar-refractivity contribution in [3.05, 3.63) is 23.8 Å². The van der Waals surface area contributed by atoms with Gasteiger partial charge in [0.2, 0.25) is 5.91 Å². The van der Waals surface area contributed by atoms with Crippen molar-refractivity contribution in [2.24, 2.45) is 5.41 Å². The van der Waals surface area contributed by atoms with Crippen molar-refractivity contribution >= 4 is 11.6 Å². The van der Waals surface area contributed by atoms with Crippen molar-refractivity contribution in [1.82, 2.24) is 0 Å². The van der Waals surface area contributed by atoms with Gasteiger partial charge in [0.15, 0.2) is 0 Å². The third-order valence-corrected chi connectivity index (χ3v) is 3.90. The van der Waals surface area contributed by atoms with Gasteiger partial charge in [0.1, 0.15) is 5.75 Å². The zero-order valence-electron chi connectivity index (χ0n) is 11.4. The summed E-state index contributed by atoms with van der Waals surface area (Å²) in [5.41, 5.74) is 1.41. The second-order valence-corrected chi connectivity index (χ2v) is 5.58. The zero-order chi connectivity index (χ0) is 13.3. The lowest BCUT2D eigenvalue weighted by atomic mass is 9.87. The average Bonchev–Trinajstić information content (AvgIpc) is 2.37. The first-order chi connectivity index (χ1) is 8.47. The molecule has 1 aliphatic heterocycles. The Morgan fingerprint density at radius 1 is 1.44 bits per heavy atom. The second-order valence-electron chi connectivity index (χ2n) is 5.58. The summed E-state index contributed by atoms with van der Waals surface area (Å²) < 4.78 is 0. The van der Waals surface area contributed by atoms with Gasteiger partial charge in [-0.3, -0.25) is 4.79 Å². The number of fused-ring (bicyclic) bond motifs is 1. The van der Waals surface area contributed by atoms with E-state index in [1.807, 2.05) is 32.9 Å². The Hall–Kier alpha value is -1.51. The van der Waals surface area contributed by atoms with Crippen LogP contribution in [0, 0.1) is 5.41 Å². The molecule has 0 aliphatic carbocycles. The summed E-state index contributed by atoms with van der Waals surface area (Å²) in [6, 6.07) is 5.49. The molecule has 3 nitrogen and oxygen atoms in total. The summed E-state index contributed by atoms with van der Waals surface area (Å²) in [5, 5.41) is 10.0. The summed E-state index contributed by atoms with van der Waals surface area (Å²) >= 11 is 0. The number of carbonyl (C=O) groups excluding carboxylic acids is 1. The number of anilines is 1. The van der Waals surface area contributed by atoms with E-state index in [-0.39, 0.29) is 17.1 Å². The van der Waals surface area contributed by atoms with Crippen LogP contribution in [0.4, 0.5) is 5.69 Å². The number of phenols is 1. The Kier molecular flexibility index (Phi) is 3.33. The van der Waals surface area contributed by atoms with Crippen LogP contribution < -0.4 is 4.90 Å². The lowest BCUT2D eigenvalue weighted by molar-refractivity contribution is -0.126. The monoisotopic (exact) mass is 247 g/mol. The highest BCUT2D eigenvalue weighted by Gasteiger charge is 2.34. The van der Waals surface area contributed by atoms with Crippen LogP contribution >= 0.6 is 0 Å². The minimum Gasteiger partial charge on any atom is -0.506 e. The van der Waals surface area contributed by atoms with Gasteiger partial charge < -0.3 is 10.0 Å². The van der Waals surface area contributed by atoms with Crippen molar-refractivity contribution in [2.75, 3.05) is 11.4 Å². The molecular formula is C15H21NO2. The van der Waals surface area contributed by atoms with Crippen LogP contribution in [-0.2, 0) is 11.2 Å². The van der Waals surface area contributed by atoms with Crippen LogP contribution in [0.3, 0.4) is 0 Å². The minimum absolute atomic E-state index is 0.104. The second kappa shape index (κ2) is 4.63. The molecule has 1 amide bonds. The van der Waals surface area contributed by atoms with Gasteiger partial charge in [0.05, 0.1) is 5.69 Å². The molecule has 0 fully saturated rings. The molecule has 2 rings (SSSR count). The molecule has 0 saturated heterocycles. The largest absolute Gasteiger partial charge is 0.506 e. The van der Waals surface area contributed by atoms with E-state index in [1.54, 1.807) is 11.0 Å². The summed E-state index contributed by atoms with van der Waals surface area (Å²) in [4.78, 5) is 14.3. The summed E-state index contributed by atoms with van der Waals surface area (Å²) in [6.45, 7) is 6.65. The van der Waals surface area contributed by atoms with Crippen LogP contribution in [0.25, 0.3) is 0 Å². The van der Waals surface area contributed by atoms with Crippen LogP contribution in [-0.4, -0.2) is 17.6 Å². The Morgan fingerprint density at radius 3 is 2.83 bits per heavy atom. The molecule has 0 radical (unpaired) electrons. The third-order valence-electron chi connectivity index (χ3n) is 3.90. The van der Waals surface area contributed by atoms with Gasteiger partial charge in [-0.05, 0) is 30.9 Å². The number of phenolic OH excluding ortho intramolecular Hbond substituents is 1. The fourth-order valence-electron chi connectivity index (χ4n) is 2.35. The molecule has 0 aromatic heterocycles. The lowest BCUT2D eigenvalue weighted by Gasteiger charge is -2.35. The molecule has 0 saturated carbocycles. The van der Waals surface area contributed by atoms with E-state index in [1.165, 1.54) is 0 Å². The topological polar surface area (TPSA) is 40.5 Å².